The van der Waals surface area contributed by atoms with E-state index < -0.39 is 14.4 Å². The van der Waals surface area contributed by atoms with Crippen LogP contribution in [0.15, 0.2) is 120 Å². The number of fused-ring (bicyclic) bond motifs is 4. The average molecular weight is 851 g/mol. The molecule has 0 saturated carbocycles. The molecule has 0 aliphatic carbocycles. The number of benzene rings is 4. The minimum Gasteiger partial charge on any atom is -0.486 e. The quantitative estimate of drug-likeness (QED) is 0.124. The molecule has 0 N–H and O–H groups in total. The van der Waals surface area contributed by atoms with Gasteiger partial charge in [-0.3, -0.25) is 4.98 Å². The Morgan fingerprint density at radius 1 is 0.840 bits per heavy atom. The SMILES string of the molecule is Cc1ccc2c(n1)oc1c(-c3nc4ccccc4n3-c3ccccc3)[c-]ccc12.[2H]C([2H])(c1cc(-c2[c-]cccc2)ncc1[Si](C)(C)C)C(C)C.[Ir]. The summed E-state index contributed by atoms with van der Waals surface area (Å²) in [4.78, 5) is 14.1. The molecule has 0 saturated heterocycles. The first-order valence-electron chi connectivity index (χ1n) is 17.7. The Morgan fingerprint density at radius 2 is 1.60 bits per heavy atom. The van der Waals surface area contributed by atoms with Crippen LogP contribution >= 0.6 is 0 Å². The number of aryl methyl sites for hydroxylation is 1. The number of imidazole rings is 1. The molecular weight excluding hydrogens is 809 g/mol. The smallest absolute Gasteiger partial charge is 0.216 e. The first kappa shape index (κ1) is 32.5. The van der Waals surface area contributed by atoms with Gasteiger partial charge in [0, 0.05) is 45.8 Å². The maximum absolute atomic E-state index is 8.55. The van der Waals surface area contributed by atoms with Gasteiger partial charge in [-0.1, -0.05) is 86.4 Å². The third kappa shape index (κ3) is 7.13. The molecule has 8 aromatic rings. The Kier molecular flexibility index (Phi) is 9.53. The number of pyridine rings is 2. The molecule has 0 bridgehead atoms. The van der Waals surface area contributed by atoms with Crippen molar-refractivity contribution in [2.24, 2.45) is 5.92 Å². The van der Waals surface area contributed by atoms with E-state index in [2.05, 4.69) is 70.6 Å². The molecule has 8 rings (SSSR count). The third-order valence-electron chi connectivity index (χ3n) is 8.38. The van der Waals surface area contributed by atoms with Gasteiger partial charge >= 0.3 is 0 Å². The van der Waals surface area contributed by atoms with Crippen LogP contribution in [0.3, 0.4) is 0 Å². The van der Waals surface area contributed by atoms with E-state index in [1.165, 1.54) is 0 Å². The maximum Gasteiger partial charge on any atom is 0.216 e. The van der Waals surface area contributed by atoms with Gasteiger partial charge in [-0.2, -0.15) is 0 Å². The molecular formula is C43H40IrN4OSi-2. The van der Waals surface area contributed by atoms with Crippen LogP contribution in [0, 0.1) is 25.0 Å². The van der Waals surface area contributed by atoms with Crippen LogP contribution in [-0.4, -0.2) is 27.6 Å². The Morgan fingerprint density at radius 3 is 2.34 bits per heavy atom. The summed E-state index contributed by atoms with van der Waals surface area (Å²) in [5, 5.41) is 3.13. The zero-order chi connectivity index (χ0) is 35.9. The van der Waals surface area contributed by atoms with Gasteiger partial charge in [-0.05, 0) is 66.5 Å². The summed E-state index contributed by atoms with van der Waals surface area (Å²) in [7, 11) is -1.67. The number of hydrogen-bond acceptors (Lipinski definition) is 4. The van der Waals surface area contributed by atoms with Crippen LogP contribution in [-0.2, 0) is 26.5 Å². The summed E-state index contributed by atoms with van der Waals surface area (Å²) in [6.45, 7) is 12.5. The number of para-hydroxylation sites is 3. The van der Waals surface area contributed by atoms with E-state index in [1.807, 2.05) is 112 Å². The fourth-order valence-electron chi connectivity index (χ4n) is 6.10. The predicted molar refractivity (Wildman–Crippen MR) is 205 cm³/mol. The van der Waals surface area contributed by atoms with E-state index in [9.17, 15) is 0 Å². The number of furan rings is 1. The number of nitrogens with zero attached hydrogens (tertiary/aromatic N) is 4. The number of hydrogen-bond donors (Lipinski definition) is 0. The van der Waals surface area contributed by atoms with Crippen molar-refractivity contribution in [1.29, 1.82) is 0 Å². The van der Waals surface area contributed by atoms with Gasteiger partial charge in [0.15, 0.2) is 0 Å². The summed E-state index contributed by atoms with van der Waals surface area (Å²) in [6, 6.07) is 42.6. The molecule has 0 fully saturated rings. The molecule has 0 aliphatic rings. The van der Waals surface area contributed by atoms with Gasteiger partial charge in [-0.15, -0.1) is 54.1 Å². The van der Waals surface area contributed by atoms with Crippen molar-refractivity contribution < 1.29 is 27.3 Å². The molecule has 0 unspecified atom stereocenters. The average Bonchev–Trinajstić information content (AvgIpc) is 3.70. The van der Waals surface area contributed by atoms with Crippen molar-refractivity contribution in [3.05, 3.63) is 139 Å². The van der Waals surface area contributed by atoms with Crippen molar-refractivity contribution in [2.75, 3.05) is 0 Å². The molecule has 5 nitrogen and oxygen atoms in total. The topological polar surface area (TPSA) is 56.7 Å². The fraction of sp³-hybridized carbons (Fsp3) is 0.186. The van der Waals surface area contributed by atoms with E-state index in [0.717, 1.165) is 72.2 Å². The van der Waals surface area contributed by atoms with E-state index in [-0.39, 0.29) is 26.0 Å². The number of rotatable bonds is 6. The maximum atomic E-state index is 8.55. The minimum atomic E-state index is -1.67. The van der Waals surface area contributed by atoms with E-state index >= 15 is 0 Å². The molecule has 4 aromatic carbocycles. The molecule has 7 heteroatoms. The second kappa shape index (κ2) is 14.7. The zero-order valence-electron chi connectivity index (χ0n) is 31.1. The second-order valence-electron chi connectivity index (χ2n) is 13.5. The van der Waals surface area contributed by atoms with E-state index in [0.29, 0.717) is 5.71 Å². The van der Waals surface area contributed by atoms with Crippen LogP contribution in [0.2, 0.25) is 19.6 Å². The zero-order valence-corrected chi connectivity index (χ0v) is 32.5. The Labute approximate surface area is 311 Å². The molecule has 0 aliphatic heterocycles. The number of aromatic nitrogens is 4. The summed E-state index contributed by atoms with van der Waals surface area (Å²) in [5.74, 6) is 0.719. The van der Waals surface area contributed by atoms with Gasteiger partial charge < -0.3 is 14.0 Å². The van der Waals surface area contributed by atoms with Gasteiger partial charge in [0.1, 0.15) is 0 Å². The summed E-state index contributed by atoms with van der Waals surface area (Å²) >= 11 is 0. The van der Waals surface area contributed by atoms with Crippen molar-refractivity contribution in [3.8, 4) is 28.3 Å². The molecule has 0 spiro atoms. The first-order valence-corrected chi connectivity index (χ1v) is 20.2. The van der Waals surface area contributed by atoms with E-state index in [4.69, 9.17) is 12.1 Å². The molecule has 50 heavy (non-hydrogen) atoms. The van der Waals surface area contributed by atoms with Crippen LogP contribution in [0.25, 0.3) is 61.4 Å². The molecule has 1 radical (unpaired) electrons. The largest absolute Gasteiger partial charge is 0.486 e. The monoisotopic (exact) mass is 851 g/mol. The van der Waals surface area contributed by atoms with Crippen molar-refractivity contribution in [1.82, 2.24) is 19.5 Å². The van der Waals surface area contributed by atoms with Crippen LogP contribution < -0.4 is 5.19 Å². The normalized spacial score (nSPS) is 12.4. The fourth-order valence-corrected chi connectivity index (χ4v) is 7.50. The molecule has 253 valence electrons. The third-order valence-corrected chi connectivity index (χ3v) is 10.4. The molecule has 4 aromatic heterocycles. The summed E-state index contributed by atoms with van der Waals surface area (Å²) < 4.78 is 25.5. The Balaban J connectivity index is 0.000000183. The molecule has 0 atom stereocenters. The Bertz CT molecular complexity index is 2490. The van der Waals surface area contributed by atoms with Crippen LogP contribution in [0.5, 0.6) is 0 Å². The van der Waals surface area contributed by atoms with Gasteiger partial charge in [0.25, 0.3) is 0 Å². The van der Waals surface area contributed by atoms with E-state index in [1.54, 1.807) is 0 Å². The summed E-state index contributed by atoms with van der Waals surface area (Å²) in [6.07, 6.45) is 0.528. The minimum absolute atomic E-state index is 0. The molecule has 4 heterocycles. The van der Waals surface area contributed by atoms with Gasteiger partial charge in [0.05, 0.1) is 30.5 Å². The standard InChI is InChI=1S/C25H16N3O.C18H24NSi.Ir/c1-16-14-15-19-18-10-7-11-20(23(18)29-25(19)26-16)24-27-21-12-5-6-13-22(21)28(24)17-8-3-2-4-9-17;1-14(2)11-16-12-17(15-9-7-6-8-10-15)19-13-18(16)20(3,4)5;/h2-10,12-15H,1H3;6-9,12-14H,11H2,1-5H3;/q2*-1;/i;11D2;. The Hall–Kier alpha value is -4.68. The van der Waals surface area contributed by atoms with Crippen molar-refractivity contribution in [2.45, 2.75) is 46.8 Å². The molecule has 0 amide bonds. The van der Waals surface area contributed by atoms with Gasteiger partial charge in [0.2, 0.25) is 5.71 Å². The van der Waals surface area contributed by atoms with Crippen LogP contribution in [0.1, 0.15) is 27.8 Å². The van der Waals surface area contributed by atoms with Crippen LogP contribution in [0.4, 0.5) is 0 Å². The predicted octanol–water partition coefficient (Wildman–Crippen LogP) is 10.4. The van der Waals surface area contributed by atoms with Gasteiger partial charge in [-0.25, -0.2) is 4.98 Å². The second-order valence-corrected chi connectivity index (χ2v) is 18.6. The first-order chi connectivity index (χ1) is 24.4. The van der Waals surface area contributed by atoms with Crippen molar-refractivity contribution in [3.63, 3.8) is 0 Å². The summed E-state index contributed by atoms with van der Waals surface area (Å²) in [5.41, 5.74) is 8.68. The van der Waals surface area contributed by atoms with Crippen molar-refractivity contribution >= 4 is 46.4 Å².